The minimum absolute atomic E-state index is 0.0164. The molecule has 1 saturated heterocycles. The average Bonchev–Trinajstić information content (AvgIpc) is 3.40. The molecule has 3 N–H and O–H groups in total. The monoisotopic (exact) mass is 448 g/mol. The zero-order valence-corrected chi connectivity index (χ0v) is 19.0. The van der Waals surface area contributed by atoms with Crippen molar-refractivity contribution >= 4 is 11.9 Å². The average molecular weight is 449 g/mol. The van der Waals surface area contributed by atoms with Crippen LogP contribution in [0.25, 0.3) is 11.3 Å². The van der Waals surface area contributed by atoms with Gasteiger partial charge in [-0.1, -0.05) is 44.0 Å². The molecule has 1 aromatic heterocycles. The predicted octanol–water partition coefficient (Wildman–Crippen LogP) is 4.06. The quantitative estimate of drug-likeness (QED) is 0.353. The number of aromatic hydroxyl groups is 1. The molecular weight excluding hydrogens is 420 g/mol. The number of amides is 1. The lowest BCUT2D eigenvalue weighted by Gasteiger charge is -2.08. The van der Waals surface area contributed by atoms with Crippen molar-refractivity contribution in [2.24, 2.45) is 7.05 Å². The largest absolute Gasteiger partial charge is 0.504 e. The van der Waals surface area contributed by atoms with Crippen molar-refractivity contribution in [2.75, 3.05) is 0 Å². The Morgan fingerprint density at radius 3 is 2.27 bits per heavy atom. The van der Waals surface area contributed by atoms with Gasteiger partial charge in [0.25, 0.3) is 5.91 Å². The van der Waals surface area contributed by atoms with E-state index >= 15 is 0 Å². The Bertz CT molecular complexity index is 1180. The summed E-state index contributed by atoms with van der Waals surface area (Å²) in [5.41, 5.74) is 5.51. The van der Waals surface area contributed by atoms with Gasteiger partial charge < -0.3 is 10.2 Å². The van der Waals surface area contributed by atoms with E-state index in [2.05, 4.69) is 29.6 Å². The van der Waals surface area contributed by atoms with E-state index in [4.69, 9.17) is 5.11 Å². The van der Waals surface area contributed by atoms with Crippen LogP contribution in [0.2, 0.25) is 0 Å². The first kappa shape index (κ1) is 22.5. The van der Waals surface area contributed by atoms with Gasteiger partial charge in [0.1, 0.15) is 11.4 Å². The molecule has 3 aromatic rings. The van der Waals surface area contributed by atoms with Crippen molar-refractivity contribution in [3.05, 3.63) is 70.9 Å². The summed E-state index contributed by atoms with van der Waals surface area (Å²) >= 11 is 0. The zero-order valence-electron chi connectivity index (χ0n) is 19.0. The van der Waals surface area contributed by atoms with E-state index in [1.165, 1.54) is 47.7 Å². The summed E-state index contributed by atoms with van der Waals surface area (Å²) in [6.45, 7) is 3.95. The maximum atomic E-state index is 12.9. The summed E-state index contributed by atoms with van der Waals surface area (Å²) in [7, 11) is 1.76. The van der Waals surface area contributed by atoms with Crippen LogP contribution in [0.15, 0.2) is 48.5 Å². The highest BCUT2D eigenvalue weighted by atomic mass is 16.4. The number of hydrogen-bond donors (Lipinski definition) is 3. The number of hydrazine groups is 1. The number of nitrogens with one attached hydrogen (secondary N) is 1. The van der Waals surface area contributed by atoms with Crippen molar-refractivity contribution in [3.8, 4) is 17.0 Å². The van der Waals surface area contributed by atoms with Gasteiger partial charge in [-0.3, -0.25) is 9.48 Å². The highest BCUT2D eigenvalue weighted by Crippen LogP contribution is 2.44. The van der Waals surface area contributed by atoms with Crippen molar-refractivity contribution in [2.45, 2.75) is 45.2 Å². The Morgan fingerprint density at radius 1 is 1.03 bits per heavy atom. The summed E-state index contributed by atoms with van der Waals surface area (Å²) in [6.07, 6.45) is 4.58. The second-order valence-corrected chi connectivity index (χ2v) is 8.53. The van der Waals surface area contributed by atoms with Gasteiger partial charge in [0.15, 0.2) is 11.4 Å². The van der Waals surface area contributed by atoms with Crippen LogP contribution < -0.4 is 5.43 Å². The second-order valence-electron chi connectivity index (χ2n) is 8.53. The van der Waals surface area contributed by atoms with Crippen LogP contribution in [0.4, 0.5) is 0 Å². The molecule has 4 rings (SSSR count). The zero-order chi connectivity index (χ0) is 23.8. The fraction of sp³-hybridized carbons (Fsp3) is 0.320. The lowest BCUT2D eigenvalue weighted by Crippen LogP contribution is -2.20. The van der Waals surface area contributed by atoms with Crippen molar-refractivity contribution < 1.29 is 19.8 Å². The molecule has 0 radical (unpaired) electrons. The smallest absolute Gasteiger partial charge is 0.335 e. The van der Waals surface area contributed by atoms with Gasteiger partial charge in [0.05, 0.1) is 5.56 Å². The van der Waals surface area contributed by atoms with E-state index in [1.54, 1.807) is 18.7 Å². The maximum Gasteiger partial charge on any atom is 0.335 e. The molecule has 33 heavy (non-hydrogen) atoms. The van der Waals surface area contributed by atoms with Crippen molar-refractivity contribution in [1.29, 1.82) is 0 Å². The fourth-order valence-electron chi connectivity index (χ4n) is 4.06. The lowest BCUT2D eigenvalue weighted by atomic mass is 10.0. The molecule has 1 unspecified atom stereocenters. The highest BCUT2D eigenvalue weighted by Gasteiger charge is 2.56. The van der Waals surface area contributed by atoms with E-state index < -0.39 is 11.6 Å². The number of carboxylic acids is 1. The number of rotatable bonds is 8. The normalized spacial score (nSPS) is 17.2. The number of aryl methyl sites for hydroxylation is 2. The van der Waals surface area contributed by atoms with Gasteiger partial charge in [-0.25, -0.2) is 9.80 Å². The number of carbonyl (C=O) groups excluding carboxylic acids is 1. The minimum atomic E-state index is -1.05. The van der Waals surface area contributed by atoms with E-state index in [0.29, 0.717) is 17.0 Å². The third-order valence-corrected chi connectivity index (χ3v) is 6.09. The third-order valence-electron chi connectivity index (χ3n) is 6.09. The van der Waals surface area contributed by atoms with E-state index in [0.717, 1.165) is 18.4 Å². The number of aromatic nitrogens is 2. The minimum Gasteiger partial charge on any atom is -0.504 e. The molecule has 1 aliphatic heterocycles. The Kier molecular flexibility index (Phi) is 5.95. The second kappa shape index (κ2) is 8.71. The predicted molar refractivity (Wildman–Crippen MR) is 124 cm³/mol. The molecule has 0 saturated carbocycles. The van der Waals surface area contributed by atoms with Crippen LogP contribution in [0.5, 0.6) is 5.75 Å². The molecule has 2 heterocycles. The fourth-order valence-corrected chi connectivity index (χ4v) is 4.06. The molecule has 0 spiro atoms. The Balaban J connectivity index is 1.54. The summed E-state index contributed by atoms with van der Waals surface area (Å²) in [5, 5.41) is 25.9. The summed E-state index contributed by atoms with van der Waals surface area (Å²) in [6, 6.07) is 13.8. The number of aromatic carboxylic acids is 1. The van der Waals surface area contributed by atoms with Gasteiger partial charge in [0, 0.05) is 18.2 Å². The number of benzene rings is 2. The van der Waals surface area contributed by atoms with E-state index in [1.807, 2.05) is 12.1 Å². The molecule has 1 amide bonds. The summed E-state index contributed by atoms with van der Waals surface area (Å²) in [4.78, 5) is 23.9. The molecule has 172 valence electrons. The number of hydrogen-bond acceptors (Lipinski definition) is 5. The molecule has 8 heteroatoms. The van der Waals surface area contributed by atoms with Crippen LogP contribution in [0.3, 0.4) is 0 Å². The summed E-state index contributed by atoms with van der Waals surface area (Å²) in [5.74, 6) is -1.37. The molecule has 1 atom stereocenters. The van der Waals surface area contributed by atoms with Crippen molar-refractivity contribution in [3.63, 3.8) is 0 Å². The number of carboxylic acid groups (broad SMARTS) is 1. The van der Waals surface area contributed by atoms with Crippen molar-refractivity contribution in [1.82, 2.24) is 20.2 Å². The van der Waals surface area contributed by atoms with E-state index in [-0.39, 0.29) is 17.2 Å². The molecule has 1 fully saturated rings. The van der Waals surface area contributed by atoms with Gasteiger partial charge in [-0.2, -0.15) is 10.5 Å². The van der Waals surface area contributed by atoms with Crippen LogP contribution in [-0.4, -0.2) is 36.9 Å². The maximum absolute atomic E-state index is 12.9. The van der Waals surface area contributed by atoms with Crippen LogP contribution >= 0.6 is 0 Å². The molecule has 2 aromatic carbocycles. The first-order valence-electron chi connectivity index (χ1n) is 11.1. The highest BCUT2D eigenvalue weighted by molar-refractivity contribution is 5.97. The Morgan fingerprint density at radius 2 is 1.67 bits per heavy atom. The van der Waals surface area contributed by atoms with Gasteiger partial charge >= 0.3 is 5.97 Å². The standard InChI is InChI=1S/C25H28N4O4/c1-4-5-6-7-16-8-10-17(11-9-16)20-21(30)22(26-28(20)3)25(2)27-29(25)23(31)18-12-14-19(15-13-18)24(32)33/h8-15,27,30H,4-7H2,1-3H3,(H,32,33). The van der Waals surface area contributed by atoms with E-state index in [9.17, 15) is 14.7 Å². The van der Waals surface area contributed by atoms with Gasteiger partial charge in [-0.05, 0) is 49.6 Å². The topological polar surface area (TPSA) is 117 Å². The lowest BCUT2D eigenvalue weighted by molar-refractivity contribution is 0.0695. The van der Waals surface area contributed by atoms with Crippen LogP contribution in [0, 0.1) is 0 Å². The first-order chi connectivity index (χ1) is 15.8. The Hall–Kier alpha value is -3.65. The summed E-state index contributed by atoms with van der Waals surface area (Å²) < 4.78 is 1.62. The Labute approximate surface area is 192 Å². The molecular formula is C25H28N4O4. The number of nitrogens with zero attached hydrogens (tertiary/aromatic N) is 3. The first-order valence-corrected chi connectivity index (χ1v) is 11.1. The van der Waals surface area contributed by atoms with Gasteiger partial charge in [0.2, 0.25) is 0 Å². The van der Waals surface area contributed by atoms with Gasteiger partial charge in [-0.15, -0.1) is 0 Å². The molecule has 0 bridgehead atoms. The van der Waals surface area contributed by atoms with Crippen LogP contribution in [0.1, 0.15) is 65.1 Å². The number of carbonyl (C=O) groups is 2. The molecule has 0 aliphatic carbocycles. The SMILES string of the molecule is CCCCCc1ccc(-c2c(O)c(C3(C)NN3C(=O)c3ccc(C(=O)O)cc3)nn2C)cc1. The molecule has 8 nitrogen and oxygen atoms in total. The van der Waals surface area contributed by atoms with Crippen LogP contribution in [-0.2, 0) is 19.1 Å². The third kappa shape index (κ3) is 4.21. The molecule has 1 aliphatic rings. The number of unbranched alkanes of at least 4 members (excludes halogenated alkanes) is 2.